The van der Waals surface area contributed by atoms with Gasteiger partial charge in [0.1, 0.15) is 5.75 Å². The zero-order valence-corrected chi connectivity index (χ0v) is 12.7. The third-order valence-corrected chi connectivity index (χ3v) is 3.92. The fourth-order valence-electron chi connectivity index (χ4n) is 2.51. The number of carbonyl (C=O) groups is 2. The number of carbonyl (C=O) groups excluding carboxylic acids is 2. The summed E-state index contributed by atoms with van der Waals surface area (Å²) in [4.78, 5) is 25.4. The van der Waals surface area contributed by atoms with Crippen LogP contribution < -0.4 is 10.5 Å². The number of hydrogen-bond donors (Lipinski definition) is 1. The number of amides is 2. The van der Waals surface area contributed by atoms with Crippen molar-refractivity contribution in [1.29, 1.82) is 0 Å². The molecule has 0 unspecified atom stereocenters. The number of primary amides is 1. The average Bonchev–Trinajstić information content (AvgIpc) is 2.46. The lowest BCUT2D eigenvalue weighted by Crippen LogP contribution is -2.44. The number of piperidine rings is 1. The van der Waals surface area contributed by atoms with E-state index in [1.165, 1.54) is 6.07 Å². The number of rotatable bonds is 4. The minimum Gasteiger partial charge on any atom is -0.483 e. The van der Waals surface area contributed by atoms with Crippen molar-refractivity contribution in [3.8, 4) is 5.75 Å². The van der Waals surface area contributed by atoms with Crippen molar-refractivity contribution < 1.29 is 14.3 Å². The molecule has 1 saturated heterocycles. The lowest BCUT2D eigenvalue weighted by atomic mass is 10.0. The van der Waals surface area contributed by atoms with Crippen molar-refractivity contribution in [2.75, 3.05) is 13.2 Å². The second kappa shape index (κ2) is 6.80. The quantitative estimate of drug-likeness (QED) is 0.926. The van der Waals surface area contributed by atoms with Crippen LogP contribution in [-0.4, -0.2) is 35.9 Å². The SMILES string of the molecule is C[C@@H]1CCCCN1C(=O)COc1ccc(Cl)cc1C(N)=O. The number of nitrogens with two attached hydrogens (primary N) is 1. The molecule has 1 heterocycles. The molecule has 0 saturated carbocycles. The van der Waals surface area contributed by atoms with Crippen LogP contribution in [0.4, 0.5) is 0 Å². The molecule has 0 aliphatic carbocycles. The number of halogens is 1. The van der Waals surface area contributed by atoms with E-state index in [9.17, 15) is 9.59 Å². The summed E-state index contributed by atoms with van der Waals surface area (Å²) in [6.07, 6.45) is 3.18. The largest absolute Gasteiger partial charge is 0.483 e. The molecule has 1 atom stereocenters. The van der Waals surface area contributed by atoms with Gasteiger partial charge >= 0.3 is 0 Å². The van der Waals surface area contributed by atoms with Gasteiger partial charge in [0, 0.05) is 17.6 Å². The standard InChI is InChI=1S/C15H19ClN2O3/c1-10-4-2-3-7-18(10)14(19)9-21-13-6-5-11(16)8-12(13)15(17)20/h5-6,8,10H,2-4,7,9H2,1H3,(H2,17,20)/t10-/m1/s1. The molecule has 5 nitrogen and oxygen atoms in total. The molecule has 1 aliphatic rings. The summed E-state index contributed by atoms with van der Waals surface area (Å²) in [7, 11) is 0. The highest BCUT2D eigenvalue weighted by atomic mass is 35.5. The normalized spacial score (nSPS) is 18.4. The van der Waals surface area contributed by atoms with E-state index in [2.05, 4.69) is 0 Å². The van der Waals surface area contributed by atoms with Crippen LogP contribution in [0, 0.1) is 0 Å². The third kappa shape index (κ3) is 3.88. The van der Waals surface area contributed by atoms with Gasteiger partial charge in [-0.25, -0.2) is 0 Å². The Morgan fingerprint density at radius 1 is 1.43 bits per heavy atom. The van der Waals surface area contributed by atoms with E-state index >= 15 is 0 Å². The first-order valence-electron chi connectivity index (χ1n) is 7.00. The summed E-state index contributed by atoms with van der Waals surface area (Å²) in [5.41, 5.74) is 5.46. The van der Waals surface area contributed by atoms with Crippen molar-refractivity contribution in [1.82, 2.24) is 4.90 Å². The van der Waals surface area contributed by atoms with Crippen LogP contribution in [-0.2, 0) is 4.79 Å². The zero-order chi connectivity index (χ0) is 15.4. The van der Waals surface area contributed by atoms with Gasteiger partial charge in [-0.15, -0.1) is 0 Å². The molecule has 114 valence electrons. The van der Waals surface area contributed by atoms with Crippen molar-refractivity contribution in [3.63, 3.8) is 0 Å². The highest BCUT2D eigenvalue weighted by Gasteiger charge is 2.23. The Kier molecular flexibility index (Phi) is 5.07. The number of ether oxygens (including phenoxy) is 1. The Morgan fingerprint density at radius 2 is 2.19 bits per heavy atom. The molecule has 2 amide bonds. The summed E-state index contributed by atoms with van der Waals surface area (Å²) in [5.74, 6) is -0.427. The average molecular weight is 311 g/mol. The second-order valence-electron chi connectivity index (χ2n) is 5.23. The summed E-state index contributed by atoms with van der Waals surface area (Å²) in [5, 5.41) is 0.395. The van der Waals surface area contributed by atoms with Crippen LogP contribution in [0.2, 0.25) is 5.02 Å². The number of hydrogen-bond acceptors (Lipinski definition) is 3. The smallest absolute Gasteiger partial charge is 0.260 e. The molecule has 0 aromatic heterocycles. The molecule has 6 heteroatoms. The van der Waals surface area contributed by atoms with Crippen molar-refractivity contribution in [2.24, 2.45) is 5.73 Å². The van der Waals surface area contributed by atoms with Crippen molar-refractivity contribution in [3.05, 3.63) is 28.8 Å². The van der Waals surface area contributed by atoms with Crippen LogP contribution in [0.3, 0.4) is 0 Å². The molecular weight excluding hydrogens is 292 g/mol. The number of likely N-dealkylation sites (tertiary alicyclic amines) is 1. The molecule has 0 bridgehead atoms. The van der Waals surface area contributed by atoms with Gasteiger partial charge in [-0.05, 0) is 44.4 Å². The maximum absolute atomic E-state index is 12.2. The first-order chi connectivity index (χ1) is 9.99. The van der Waals surface area contributed by atoms with Gasteiger partial charge in [-0.1, -0.05) is 11.6 Å². The topological polar surface area (TPSA) is 72.6 Å². The predicted molar refractivity (Wildman–Crippen MR) is 80.5 cm³/mol. The predicted octanol–water partition coefficient (Wildman–Crippen LogP) is 2.22. The Hall–Kier alpha value is -1.75. The summed E-state index contributed by atoms with van der Waals surface area (Å²) < 4.78 is 5.47. The highest BCUT2D eigenvalue weighted by Crippen LogP contribution is 2.23. The lowest BCUT2D eigenvalue weighted by Gasteiger charge is -2.33. The van der Waals surface area contributed by atoms with E-state index in [4.69, 9.17) is 22.1 Å². The monoisotopic (exact) mass is 310 g/mol. The van der Waals surface area contributed by atoms with Crippen LogP contribution in [0.1, 0.15) is 36.5 Å². The maximum Gasteiger partial charge on any atom is 0.260 e. The van der Waals surface area contributed by atoms with Gasteiger partial charge in [0.15, 0.2) is 6.61 Å². The molecule has 2 N–H and O–H groups in total. The molecule has 1 aromatic carbocycles. The van der Waals surface area contributed by atoms with Crippen LogP contribution in [0.25, 0.3) is 0 Å². The molecule has 0 spiro atoms. The third-order valence-electron chi connectivity index (χ3n) is 3.68. The number of nitrogens with zero attached hydrogens (tertiary/aromatic N) is 1. The summed E-state index contributed by atoms with van der Waals surface area (Å²) in [6.45, 7) is 2.69. The van der Waals surface area contributed by atoms with E-state index in [-0.39, 0.29) is 29.9 Å². The van der Waals surface area contributed by atoms with Crippen molar-refractivity contribution >= 4 is 23.4 Å². The van der Waals surface area contributed by atoms with Crippen LogP contribution >= 0.6 is 11.6 Å². The van der Waals surface area contributed by atoms with Crippen LogP contribution in [0.5, 0.6) is 5.75 Å². The van der Waals surface area contributed by atoms with Gasteiger partial charge in [-0.3, -0.25) is 9.59 Å². The van der Waals surface area contributed by atoms with Crippen LogP contribution in [0.15, 0.2) is 18.2 Å². The van der Waals surface area contributed by atoms with E-state index in [0.717, 1.165) is 25.8 Å². The highest BCUT2D eigenvalue weighted by molar-refractivity contribution is 6.31. The Bertz CT molecular complexity index is 548. The molecule has 1 aromatic rings. The molecule has 2 rings (SSSR count). The summed E-state index contributed by atoms with van der Waals surface area (Å²) in [6, 6.07) is 4.82. The van der Waals surface area contributed by atoms with Gasteiger partial charge in [0.25, 0.3) is 11.8 Å². The summed E-state index contributed by atoms with van der Waals surface area (Å²) >= 11 is 5.83. The maximum atomic E-state index is 12.2. The van der Waals surface area contributed by atoms with E-state index in [1.54, 1.807) is 12.1 Å². The first kappa shape index (κ1) is 15.6. The molecule has 0 radical (unpaired) electrons. The minimum absolute atomic E-state index is 0.0763. The second-order valence-corrected chi connectivity index (χ2v) is 5.66. The Morgan fingerprint density at radius 3 is 2.86 bits per heavy atom. The van der Waals surface area contributed by atoms with E-state index in [0.29, 0.717) is 5.02 Å². The fourth-order valence-corrected chi connectivity index (χ4v) is 2.68. The lowest BCUT2D eigenvalue weighted by molar-refractivity contribution is -0.136. The van der Waals surface area contributed by atoms with Gasteiger partial charge in [-0.2, -0.15) is 0 Å². The van der Waals surface area contributed by atoms with Gasteiger partial charge < -0.3 is 15.4 Å². The molecule has 1 aliphatic heterocycles. The Labute approximate surface area is 129 Å². The first-order valence-corrected chi connectivity index (χ1v) is 7.38. The Balaban J connectivity index is 2.02. The molecular formula is C15H19ClN2O3. The fraction of sp³-hybridized carbons (Fsp3) is 0.467. The number of benzene rings is 1. The zero-order valence-electron chi connectivity index (χ0n) is 12.0. The molecule has 21 heavy (non-hydrogen) atoms. The minimum atomic E-state index is -0.633. The van der Waals surface area contributed by atoms with Gasteiger partial charge in [0.05, 0.1) is 5.56 Å². The molecule has 1 fully saturated rings. The van der Waals surface area contributed by atoms with Crippen molar-refractivity contribution in [2.45, 2.75) is 32.2 Å². The van der Waals surface area contributed by atoms with E-state index < -0.39 is 5.91 Å². The van der Waals surface area contributed by atoms with E-state index in [1.807, 2.05) is 11.8 Å². The van der Waals surface area contributed by atoms with Gasteiger partial charge in [0.2, 0.25) is 0 Å².